The van der Waals surface area contributed by atoms with Gasteiger partial charge in [0, 0.05) is 31.5 Å². The molecule has 0 spiro atoms. The van der Waals surface area contributed by atoms with E-state index in [1.807, 2.05) is 72.1 Å². The van der Waals surface area contributed by atoms with Gasteiger partial charge in [-0.25, -0.2) is 0 Å². The van der Waals surface area contributed by atoms with Crippen molar-refractivity contribution in [1.82, 2.24) is 19.9 Å². The van der Waals surface area contributed by atoms with Crippen LogP contribution in [-0.4, -0.2) is 34.6 Å². The van der Waals surface area contributed by atoms with Crippen molar-refractivity contribution in [3.63, 3.8) is 0 Å². The maximum absolute atomic E-state index is 12.7. The predicted octanol–water partition coefficient (Wildman–Crippen LogP) is 3.07. The van der Waals surface area contributed by atoms with Crippen LogP contribution >= 0.6 is 0 Å². The molecule has 130 valence electrons. The first-order valence-corrected chi connectivity index (χ1v) is 8.48. The number of nitrogens with zero attached hydrogens (tertiary/aromatic N) is 4. The summed E-state index contributed by atoms with van der Waals surface area (Å²) in [7, 11) is 3.92. The molecule has 0 aliphatic rings. The fourth-order valence-corrected chi connectivity index (χ4v) is 2.82. The predicted molar refractivity (Wildman–Crippen MR) is 98.9 cm³/mol. The van der Waals surface area contributed by atoms with Crippen LogP contribution in [-0.2, 0) is 0 Å². The number of pyridine rings is 1. The van der Waals surface area contributed by atoms with Gasteiger partial charge in [0.2, 0.25) is 0 Å². The van der Waals surface area contributed by atoms with Crippen molar-refractivity contribution in [2.45, 2.75) is 25.8 Å². The second-order valence-electron chi connectivity index (χ2n) is 6.25. The van der Waals surface area contributed by atoms with Gasteiger partial charge in [-0.1, -0.05) is 25.5 Å². The molecular formula is C19H23N5O. The van der Waals surface area contributed by atoms with Gasteiger partial charge in [-0.05, 0) is 36.8 Å². The molecule has 1 aromatic carbocycles. The molecule has 3 aromatic rings. The highest BCUT2D eigenvalue weighted by Crippen LogP contribution is 2.19. The number of aromatic nitrogens is 3. The molecule has 0 unspecified atom stereocenters. The van der Waals surface area contributed by atoms with Crippen LogP contribution in [0.1, 0.15) is 42.0 Å². The van der Waals surface area contributed by atoms with E-state index in [-0.39, 0.29) is 11.9 Å². The van der Waals surface area contributed by atoms with E-state index < -0.39 is 0 Å². The number of carbonyl (C=O) groups excluding carboxylic acids is 1. The SMILES string of the molecule is CCC[C@H](NC(=O)c1cccc(N(C)C)c1)c1nnc2ccccn12. The summed E-state index contributed by atoms with van der Waals surface area (Å²) in [6, 6.07) is 13.2. The highest BCUT2D eigenvalue weighted by molar-refractivity contribution is 5.95. The Kier molecular flexibility index (Phi) is 4.97. The number of rotatable bonds is 6. The van der Waals surface area contributed by atoms with E-state index in [0.717, 1.165) is 30.0 Å². The average molecular weight is 337 g/mol. The molecule has 3 rings (SSSR count). The summed E-state index contributed by atoms with van der Waals surface area (Å²) in [6.45, 7) is 2.09. The zero-order valence-electron chi connectivity index (χ0n) is 14.8. The first-order chi connectivity index (χ1) is 12.1. The van der Waals surface area contributed by atoms with Gasteiger partial charge in [0.25, 0.3) is 5.91 Å². The molecule has 0 fully saturated rings. The first kappa shape index (κ1) is 17.0. The third kappa shape index (κ3) is 3.63. The van der Waals surface area contributed by atoms with Crippen molar-refractivity contribution in [1.29, 1.82) is 0 Å². The Morgan fingerprint density at radius 2 is 2.04 bits per heavy atom. The number of hydrogen-bond acceptors (Lipinski definition) is 4. The molecule has 0 aliphatic heterocycles. The lowest BCUT2D eigenvalue weighted by Gasteiger charge is -2.18. The van der Waals surface area contributed by atoms with E-state index >= 15 is 0 Å². The topological polar surface area (TPSA) is 62.5 Å². The lowest BCUT2D eigenvalue weighted by molar-refractivity contribution is 0.0932. The lowest BCUT2D eigenvalue weighted by atomic mass is 10.1. The van der Waals surface area contributed by atoms with Crippen molar-refractivity contribution in [3.8, 4) is 0 Å². The Morgan fingerprint density at radius 1 is 1.20 bits per heavy atom. The van der Waals surface area contributed by atoms with E-state index in [0.29, 0.717) is 5.56 Å². The molecule has 0 aliphatic carbocycles. The molecule has 6 nitrogen and oxygen atoms in total. The number of carbonyl (C=O) groups is 1. The highest BCUT2D eigenvalue weighted by Gasteiger charge is 2.20. The van der Waals surface area contributed by atoms with Gasteiger partial charge in [0.15, 0.2) is 11.5 Å². The van der Waals surface area contributed by atoms with Crippen LogP contribution in [0.2, 0.25) is 0 Å². The molecule has 1 atom stereocenters. The van der Waals surface area contributed by atoms with Crippen molar-refractivity contribution < 1.29 is 4.79 Å². The van der Waals surface area contributed by atoms with Crippen molar-refractivity contribution >= 4 is 17.2 Å². The second kappa shape index (κ2) is 7.34. The molecule has 25 heavy (non-hydrogen) atoms. The Morgan fingerprint density at radius 3 is 2.80 bits per heavy atom. The van der Waals surface area contributed by atoms with Gasteiger partial charge in [0.05, 0.1) is 6.04 Å². The van der Waals surface area contributed by atoms with Crippen LogP contribution in [0.15, 0.2) is 48.7 Å². The summed E-state index contributed by atoms with van der Waals surface area (Å²) in [6.07, 6.45) is 3.66. The summed E-state index contributed by atoms with van der Waals surface area (Å²) in [5, 5.41) is 11.6. The largest absolute Gasteiger partial charge is 0.378 e. The zero-order chi connectivity index (χ0) is 17.8. The third-order valence-corrected chi connectivity index (χ3v) is 4.16. The zero-order valence-corrected chi connectivity index (χ0v) is 14.8. The maximum Gasteiger partial charge on any atom is 0.251 e. The Balaban J connectivity index is 1.87. The average Bonchev–Trinajstić information content (AvgIpc) is 3.05. The number of anilines is 1. The van der Waals surface area contributed by atoms with Crippen molar-refractivity contribution in [2.75, 3.05) is 19.0 Å². The molecule has 0 saturated carbocycles. The lowest BCUT2D eigenvalue weighted by Crippen LogP contribution is -2.30. The van der Waals surface area contributed by atoms with Crippen LogP contribution in [0.5, 0.6) is 0 Å². The van der Waals surface area contributed by atoms with Crippen LogP contribution in [0.4, 0.5) is 5.69 Å². The molecule has 0 bridgehead atoms. The van der Waals surface area contributed by atoms with Gasteiger partial charge in [-0.2, -0.15) is 0 Å². The van der Waals surface area contributed by atoms with Crippen LogP contribution in [0.25, 0.3) is 5.65 Å². The summed E-state index contributed by atoms with van der Waals surface area (Å²) in [5.41, 5.74) is 2.41. The van der Waals surface area contributed by atoms with Crippen LogP contribution < -0.4 is 10.2 Å². The number of nitrogens with one attached hydrogen (secondary N) is 1. The molecule has 6 heteroatoms. The van der Waals surface area contributed by atoms with E-state index in [4.69, 9.17) is 0 Å². The monoisotopic (exact) mass is 337 g/mol. The van der Waals surface area contributed by atoms with E-state index in [1.54, 1.807) is 0 Å². The van der Waals surface area contributed by atoms with Crippen molar-refractivity contribution in [2.24, 2.45) is 0 Å². The molecule has 1 N–H and O–H groups in total. The normalized spacial score (nSPS) is 12.1. The third-order valence-electron chi connectivity index (χ3n) is 4.16. The van der Waals surface area contributed by atoms with Crippen LogP contribution in [0.3, 0.4) is 0 Å². The minimum absolute atomic E-state index is 0.102. The fraction of sp³-hybridized carbons (Fsp3) is 0.316. The number of benzene rings is 1. The van der Waals surface area contributed by atoms with Gasteiger partial charge in [0.1, 0.15) is 0 Å². The number of amides is 1. The van der Waals surface area contributed by atoms with E-state index in [2.05, 4.69) is 22.4 Å². The molecule has 2 heterocycles. The van der Waals surface area contributed by atoms with Gasteiger partial charge >= 0.3 is 0 Å². The molecular weight excluding hydrogens is 314 g/mol. The second-order valence-corrected chi connectivity index (χ2v) is 6.25. The Hall–Kier alpha value is -2.89. The van der Waals surface area contributed by atoms with Gasteiger partial charge < -0.3 is 10.2 Å². The maximum atomic E-state index is 12.7. The molecule has 1 amide bonds. The van der Waals surface area contributed by atoms with E-state index in [9.17, 15) is 4.79 Å². The summed E-state index contributed by atoms with van der Waals surface area (Å²) < 4.78 is 1.93. The number of hydrogen-bond donors (Lipinski definition) is 1. The van der Waals surface area contributed by atoms with Gasteiger partial charge in [-0.3, -0.25) is 9.20 Å². The minimum atomic E-state index is -0.182. The quantitative estimate of drug-likeness (QED) is 0.751. The number of fused-ring (bicyclic) bond motifs is 1. The Bertz CT molecular complexity index is 871. The highest BCUT2D eigenvalue weighted by atomic mass is 16.1. The molecule has 0 saturated heterocycles. The summed E-state index contributed by atoms with van der Waals surface area (Å²) in [5.74, 6) is 0.657. The molecule has 0 radical (unpaired) electrons. The minimum Gasteiger partial charge on any atom is -0.378 e. The summed E-state index contributed by atoms with van der Waals surface area (Å²) in [4.78, 5) is 14.7. The summed E-state index contributed by atoms with van der Waals surface area (Å²) >= 11 is 0. The smallest absolute Gasteiger partial charge is 0.251 e. The first-order valence-electron chi connectivity index (χ1n) is 8.48. The van der Waals surface area contributed by atoms with E-state index in [1.165, 1.54) is 0 Å². The van der Waals surface area contributed by atoms with Gasteiger partial charge in [-0.15, -0.1) is 10.2 Å². The standard InChI is InChI=1S/C19H23N5O/c1-4-8-16(18-22-21-17-11-5-6-12-24(17)18)20-19(25)14-9-7-10-15(13-14)23(2)3/h5-7,9-13,16H,4,8H2,1-3H3,(H,20,25)/t16-/m0/s1. The molecule has 2 aromatic heterocycles. The fourth-order valence-electron chi connectivity index (χ4n) is 2.82. The van der Waals surface area contributed by atoms with Crippen molar-refractivity contribution in [3.05, 3.63) is 60.0 Å². The van der Waals surface area contributed by atoms with Crippen LogP contribution in [0, 0.1) is 0 Å². The Labute approximate surface area is 147 Å².